The molecule has 0 spiro atoms. The molecule has 0 radical (unpaired) electrons. The second kappa shape index (κ2) is 9.35. The smallest absolute Gasteiger partial charge is 0.333 e. The molecule has 1 aliphatic heterocycles. The van der Waals surface area contributed by atoms with Crippen LogP contribution in [0.3, 0.4) is 0 Å². The fourth-order valence-electron chi connectivity index (χ4n) is 3.28. The van der Waals surface area contributed by atoms with Crippen LogP contribution in [0.25, 0.3) is 0 Å². The second-order valence-electron chi connectivity index (χ2n) is 8.36. The average Bonchev–Trinajstić information content (AvgIpc) is 2.70. The van der Waals surface area contributed by atoms with Crippen LogP contribution in [0.2, 0.25) is 0 Å². The van der Waals surface area contributed by atoms with Gasteiger partial charge in [0.05, 0.1) is 16.9 Å². The van der Waals surface area contributed by atoms with E-state index < -0.39 is 5.97 Å². The zero-order valence-electron chi connectivity index (χ0n) is 18.8. The van der Waals surface area contributed by atoms with Crippen LogP contribution >= 0.6 is 0 Å². The van der Waals surface area contributed by atoms with Gasteiger partial charge >= 0.3 is 5.97 Å². The molecule has 0 aromatic heterocycles. The number of hydrogen-bond donors (Lipinski definition) is 4. The van der Waals surface area contributed by atoms with Crippen LogP contribution in [0.1, 0.15) is 34.1 Å². The van der Waals surface area contributed by atoms with E-state index >= 15 is 0 Å². The van der Waals surface area contributed by atoms with Gasteiger partial charge in [-0.3, -0.25) is 10.2 Å². The molecule has 32 heavy (non-hydrogen) atoms. The fraction of sp³-hybridized carbons (Fsp3) is 0.391. The minimum Gasteiger partial charge on any atom is -0.506 e. The third-order valence-corrected chi connectivity index (χ3v) is 5.00. The lowest BCUT2D eigenvalue weighted by Crippen LogP contribution is -2.70. The van der Waals surface area contributed by atoms with Crippen LogP contribution in [-0.4, -0.2) is 46.9 Å². The summed E-state index contributed by atoms with van der Waals surface area (Å²) in [5, 5.41) is 15.0. The first-order valence-electron chi connectivity index (χ1n) is 10.5. The Hall–Kier alpha value is -3.46. The summed E-state index contributed by atoms with van der Waals surface area (Å²) >= 11 is 0. The maximum Gasteiger partial charge on any atom is 0.333 e. The topological polar surface area (TPSA) is 112 Å². The molecule has 1 aromatic rings. The SMILES string of the molecule is C=C(C)C(=O)OCCOc1ccc(NN2NC3(C)CC=C(C(=O)NC(C)C)C=C23)c(O)c1. The van der Waals surface area contributed by atoms with Crippen molar-refractivity contribution in [2.45, 2.75) is 45.7 Å². The van der Waals surface area contributed by atoms with Crippen molar-refractivity contribution >= 4 is 17.6 Å². The van der Waals surface area contributed by atoms with Crippen molar-refractivity contribution in [3.05, 3.63) is 53.8 Å². The largest absolute Gasteiger partial charge is 0.506 e. The molecule has 1 saturated heterocycles. The number of benzene rings is 1. The van der Waals surface area contributed by atoms with E-state index in [2.05, 4.69) is 22.7 Å². The maximum absolute atomic E-state index is 12.4. The summed E-state index contributed by atoms with van der Waals surface area (Å²) < 4.78 is 10.5. The van der Waals surface area contributed by atoms with E-state index in [0.717, 1.165) is 5.70 Å². The summed E-state index contributed by atoms with van der Waals surface area (Å²) in [4.78, 5) is 23.7. The number of esters is 1. The van der Waals surface area contributed by atoms with Gasteiger partial charge in [-0.05, 0) is 52.3 Å². The summed E-state index contributed by atoms with van der Waals surface area (Å²) in [6.07, 6.45) is 4.43. The first-order chi connectivity index (χ1) is 15.1. The van der Waals surface area contributed by atoms with Gasteiger partial charge in [0.1, 0.15) is 24.7 Å². The van der Waals surface area contributed by atoms with Crippen molar-refractivity contribution in [3.8, 4) is 11.5 Å². The van der Waals surface area contributed by atoms with E-state index in [0.29, 0.717) is 29.0 Å². The standard InChI is InChI=1S/C23H30N4O5/c1-14(2)22(30)32-11-10-31-17-6-7-18(19(28)13-17)25-27-20-12-16(21(29)24-15(3)4)8-9-23(20,5)26-27/h6-8,12-13,15,25-26,28H,1,9-11H2,2-5H3,(H,24,29). The average molecular weight is 443 g/mol. The van der Waals surface area contributed by atoms with Crippen LogP contribution in [0.5, 0.6) is 11.5 Å². The van der Waals surface area contributed by atoms with Gasteiger partial charge in [-0.15, -0.1) is 0 Å². The van der Waals surface area contributed by atoms with Crippen molar-refractivity contribution < 1.29 is 24.2 Å². The van der Waals surface area contributed by atoms with Gasteiger partial charge in [-0.1, -0.05) is 12.7 Å². The number of phenolic OH excluding ortho intramolecular Hbond substituents is 1. The monoisotopic (exact) mass is 442 g/mol. The number of fused-ring (bicyclic) bond motifs is 1. The molecule has 1 heterocycles. The normalized spacial score (nSPS) is 19.2. The molecule has 172 valence electrons. The molecule has 1 fully saturated rings. The third kappa shape index (κ3) is 5.23. The number of carbonyl (C=O) groups is 2. The Labute approximate surface area is 187 Å². The number of rotatable bonds is 9. The minimum absolute atomic E-state index is 0.0124. The Morgan fingerprint density at radius 3 is 2.75 bits per heavy atom. The van der Waals surface area contributed by atoms with Gasteiger partial charge in [-0.25, -0.2) is 15.3 Å². The Morgan fingerprint density at radius 1 is 1.34 bits per heavy atom. The Kier molecular flexibility index (Phi) is 6.78. The van der Waals surface area contributed by atoms with E-state index in [1.165, 1.54) is 6.07 Å². The molecule has 9 heteroatoms. The molecular formula is C23H30N4O5. The number of aromatic hydroxyl groups is 1. The molecule has 1 atom stereocenters. The Bertz CT molecular complexity index is 985. The molecule has 0 bridgehead atoms. The molecule has 0 saturated carbocycles. The van der Waals surface area contributed by atoms with Crippen LogP contribution in [-0.2, 0) is 14.3 Å². The summed E-state index contributed by atoms with van der Waals surface area (Å²) in [5.74, 6) is -0.156. The van der Waals surface area contributed by atoms with E-state index in [9.17, 15) is 14.7 Å². The van der Waals surface area contributed by atoms with Crippen molar-refractivity contribution in [3.63, 3.8) is 0 Å². The predicted octanol–water partition coefficient (Wildman–Crippen LogP) is 2.53. The second-order valence-corrected chi connectivity index (χ2v) is 8.36. The van der Waals surface area contributed by atoms with E-state index in [-0.39, 0.29) is 36.5 Å². The van der Waals surface area contributed by atoms with Gasteiger partial charge in [0.15, 0.2) is 0 Å². The van der Waals surface area contributed by atoms with E-state index in [1.54, 1.807) is 24.2 Å². The minimum atomic E-state index is -0.471. The fourth-order valence-corrected chi connectivity index (χ4v) is 3.28. The van der Waals surface area contributed by atoms with E-state index in [4.69, 9.17) is 9.47 Å². The third-order valence-electron chi connectivity index (χ3n) is 5.00. The summed E-state index contributed by atoms with van der Waals surface area (Å²) in [6, 6.07) is 4.89. The number of ether oxygens (including phenoxy) is 2. The first-order valence-corrected chi connectivity index (χ1v) is 10.5. The number of phenols is 1. The van der Waals surface area contributed by atoms with E-state index in [1.807, 2.05) is 32.9 Å². The molecule has 3 rings (SSSR count). The highest BCUT2D eigenvalue weighted by Crippen LogP contribution is 2.39. The van der Waals surface area contributed by atoms with Gasteiger partial charge in [0.2, 0.25) is 0 Å². The molecule has 1 aliphatic carbocycles. The van der Waals surface area contributed by atoms with Crippen molar-refractivity contribution in [1.29, 1.82) is 0 Å². The molecule has 1 aromatic carbocycles. The maximum atomic E-state index is 12.4. The number of anilines is 1. The number of amides is 1. The van der Waals surface area contributed by atoms with Gasteiger partial charge in [-0.2, -0.15) is 0 Å². The number of hydrazine groups is 2. The van der Waals surface area contributed by atoms with Crippen LogP contribution < -0.4 is 20.9 Å². The Balaban J connectivity index is 1.58. The lowest BCUT2D eigenvalue weighted by atomic mass is 9.84. The number of carbonyl (C=O) groups excluding carboxylic acids is 2. The first kappa shape index (κ1) is 23.2. The van der Waals surface area contributed by atoms with Crippen molar-refractivity contribution in [1.82, 2.24) is 15.9 Å². The number of nitrogens with one attached hydrogen (secondary N) is 3. The predicted molar refractivity (Wildman–Crippen MR) is 120 cm³/mol. The van der Waals surface area contributed by atoms with Crippen LogP contribution in [0.15, 0.2) is 53.8 Å². The quantitative estimate of drug-likeness (QED) is 0.200. The lowest BCUT2D eigenvalue weighted by Gasteiger charge is -2.53. The molecular weight excluding hydrogens is 412 g/mol. The lowest BCUT2D eigenvalue weighted by molar-refractivity contribution is -0.139. The van der Waals surface area contributed by atoms with Gasteiger partial charge in [0.25, 0.3) is 5.91 Å². The van der Waals surface area contributed by atoms with Gasteiger partial charge < -0.3 is 19.9 Å². The van der Waals surface area contributed by atoms with Gasteiger partial charge in [0, 0.05) is 23.3 Å². The summed E-state index contributed by atoms with van der Waals surface area (Å²) in [7, 11) is 0. The highest BCUT2D eigenvalue weighted by Gasteiger charge is 2.45. The zero-order valence-corrected chi connectivity index (χ0v) is 18.8. The highest BCUT2D eigenvalue weighted by atomic mass is 16.6. The zero-order chi connectivity index (χ0) is 23.5. The van der Waals surface area contributed by atoms with Crippen molar-refractivity contribution in [2.24, 2.45) is 0 Å². The van der Waals surface area contributed by atoms with Crippen LogP contribution in [0, 0.1) is 0 Å². The molecule has 4 N–H and O–H groups in total. The Morgan fingerprint density at radius 2 is 2.09 bits per heavy atom. The molecule has 1 amide bonds. The number of nitrogens with zero attached hydrogens (tertiary/aromatic N) is 1. The highest BCUT2D eigenvalue weighted by molar-refractivity contribution is 5.97. The van der Waals surface area contributed by atoms with Crippen molar-refractivity contribution in [2.75, 3.05) is 18.6 Å². The summed E-state index contributed by atoms with van der Waals surface area (Å²) in [6.45, 7) is 11.2. The number of hydrogen-bond acceptors (Lipinski definition) is 8. The van der Waals surface area contributed by atoms with Crippen LogP contribution in [0.4, 0.5) is 5.69 Å². The summed E-state index contributed by atoms with van der Waals surface area (Å²) in [5.41, 5.74) is 8.40. The molecule has 1 unspecified atom stereocenters. The molecule has 2 aliphatic rings. The molecule has 9 nitrogen and oxygen atoms in total.